The summed E-state index contributed by atoms with van der Waals surface area (Å²) >= 11 is 0.288. The number of hydrogen-bond donors (Lipinski definition) is 0. The Bertz CT molecular complexity index is 643. The van der Waals surface area contributed by atoms with Crippen molar-refractivity contribution in [3.63, 3.8) is 0 Å². The Balaban J connectivity index is 2.14. The molecule has 0 spiro atoms. The van der Waals surface area contributed by atoms with E-state index in [-0.39, 0.29) is 20.5 Å². The molecule has 0 saturated carbocycles. The molecule has 0 N–H and O–H groups in total. The van der Waals surface area contributed by atoms with Crippen LogP contribution >= 0.6 is 0 Å². The first-order valence-corrected chi connectivity index (χ1v) is 7.38. The first kappa shape index (κ1) is 13.1. The van der Waals surface area contributed by atoms with Crippen molar-refractivity contribution >= 4 is 30.0 Å². The monoisotopic (exact) mass is 310 g/mol. The standard InChI is InChI=1S/C16H10N2Se/c17-11-14(12-18)10-13-6-8-16(9-7-13)19-15-4-2-1-3-5-15/h1-10H. The Kier molecular flexibility index (Phi) is 4.54. The minimum absolute atomic E-state index is 0.126. The van der Waals surface area contributed by atoms with E-state index in [9.17, 15) is 0 Å². The van der Waals surface area contributed by atoms with Crippen molar-refractivity contribution < 1.29 is 0 Å². The molecule has 0 fully saturated rings. The fourth-order valence-corrected chi connectivity index (χ4v) is 3.27. The Hall–Kier alpha value is -2.32. The summed E-state index contributed by atoms with van der Waals surface area (Å²) in [5.41, 5.74) is 1.01. The van der Waals surface area contributed by atoms with Gasteiger partial charge in [0.05, 0.1) is 0 Å². The van der Waals surface area contributed by atoms with E-state index in [0.717, 1.165) is 5.56 Å². The van der Waals surface area contributed by atoms with Crippen molar-refractivity contribution in [1.29, 1.82) is 10.5 Å². The van der Waals surface area contributed by atoms with Crippen LogP contribution in [0.25, 0.3) is 6.08 Å². The van der Waals surface area contributed by atoms with Gasteiger partial charge in [-0.3, -0.25) is 0 Å². The van der Waals surface area contributed by atoms with Gasteiger partial charge >= 0.3 is 118 Å². The van der Waals surface area contributed by atoms with Gasteiger partial charge < -0.3 is 0 Å². The molecule has 0 saturated heterocycles. The number of nitriles is 2. The third-order valence-electron chi connectivity index (χ3n) is 2.41. The fourth-order valence-electron chi connectivity index (χ4n) is 1.51. The average Bonchev–Trinajstić information content (AvgIpc) is 2.47. The number of nitrogens with zero attached hydrogens (tertiary/aromatic N) is 2. The summed E-state index contributed by atoms with van der Waals surface area (Å²) in [6.45, 7) is 0. The van der Waals surface area contributed by atoms with Crippen molar-refractivity contribution in [3.05, 3.63) is 65.7 Å². The first-order chi connectivity index (χ1) is 9.31. The van der Waals surface area contributed by atoms with Gasteiger partial charge in [-0.1, -0.05) is 0 Å². The Morgan fingerprint density at radius 1 is 0.842 bits per heavy atom. The van der Waals surface area contributed by atoms with Gasteiger partial charge in [0.2, 0.25) is 0 Å². The van der Waals surface area contributed by atoms with Gasteiger partial charge in [0, 0.05) is 0 Å². The van der Waals surface area contributed by atoms with Crippen molar-refractivity contribution in [2.24, 2.45) is 0 Å². The predicted octanol–water partition coefficient (Wildman–Crippen LogP) is 1.77. The van der Waals surface area contributed by atoms with E-state index < -0.39 is 0 Å². The molecule has 0 radical (unpaired) electrons. The average molecular weight is 309 g/mol. The van der Waals surface area contributed by atoms with Crippen LogP contribution in [-0.4, -0.2) is 15.0 Å². The van der Waals surface area contributed by atoms with Crippen LogP contribution in [0.15, 0.2) is 60.2 Å². The van der Waals surface area contributed by atoms with Crippen molar-refractivity contribution in [1.82, 2.24) is 0 Å². The molecule has 2 aromatic rings. The molecular formula is C16H10N2Se. The van der Waals surface area contributed by atoms with E-state index in [0.29, 0.717) is 0 Å². The van der Waals surface area contributed by atoms with Crippen LogP contribution in [-0.2, 0) is 0 Å². The molecule has 2 rings (SSSR count). The second-order valence-electron chi connectivity index (χ2n) is 3.77. The maximum absolute atomic E-state index is 8.70. The predicted molar refractivity (Wildman–Crippen MR) is 77.1 cm³/mol. The third-order valence-corrected chi connectivity index (χ3v) is 4.54. The summed E-state index contributed by atoms with van der Waals surface area (Å²) in [5, 5.41) is 17.4. The summed E-state index contributed by atoms with van der Waals surface area (Å²) in [6.07, 6.45) is 1.60. The molecule has 0 heterocycles. The molecule has 19 heavy (non-hydrogen) atoms. The van der Waals surface area contributed by atoms with E-state index in [1.807, 2.05) is 54.6 Å². The van der Waals surface area contributed by atoms with E-state index >= 15 is 0 Å². The maximum atomic E-state index is 8.70. The van der Waals surface area contributed by atoms with E-state index in [1.54, 1.807) is 6.08 Å². The molecule has 0 aliphatic heterocycles. The van der Waals surface area contributed by atoms with Crippen LogP contribution in [0, 0.1) is 22.7 Å². The van der Waals surface area contributed by atoms with Gasteiger partial charge in [0.15, 0.2) is 0 Å². The van der Waals surface area contributed by atoms with Crippen LogP contribution in [0.4, 0.5) is 0 Å². The van der Waals surface area contributed by atoms with Crippen molar-refractivity contribution in [3.8, 4) is 12.1 Å². The van der Waals surface area contributed by atoms with Crippen molar-refractivity contribution in [2.75, 3.05) is 0 Å². The van der Waals surface area contributed by atoms with Crippen LogP contribution in [0.1, 0.15) is 5.56 Å². The molecule has 0 amide bonds. The van der Waals surface area contributed by atoms with Gasteiger partial charge in [0.25, 0.3) is 0 Å². The molecule has 0 atom stereocenters. The molecule has 0 aliphatic rings. The zero-order chi connectivity index (χ0) is 13.5. The van der Waals surface area contributed by atoms with Crippen molar-refractivity contribution in [2.45, 2.75) is 0 Å². The van der Waals surface area contributed by atoms with Crippen LogP contribution in [0.3, 0.4) is 0 Å². The second kappa shape index (κ2) is 6.57. The molecule has 0 aliphatic carbocycles. The number of rotatable bonds is 3. The summed E-state index contributed by atoms with van der Waals surface area (Å²) in [5.74, 6) is 0. The van der Waals surface area contributed by atoms with Gasteiger partial charge in [-0.15, -0.1) is 0 Å². The summed E-state index contributed by atoms with van der Waals surface area (Å²) in [7, 11) is 0. The Morgan fingerprint density at radius 3 is 2.00 bits per heavy atom. The normalized spacial score (nSPS) is 9.16. The fraction of sp³-hybridized carbons (Fsp3) is 0. The van der Waals surface area contributed by atoms with E-state index in [2.05, 4.69) is 12.1 Å². The SMILES string of the molecule is N#CC(C#N)=Cc1ccc([Se]c2ccccc2)cc1. The van der Waals surface area contributed by atoms with Crippen LogP contribution in [0.2, 0.25) is 0 Å². The molecule has 0 aromatic heterocycles. The number of allylic oxidation sites excluding steroid dienone is 1. The number of benzene rings is 2. The van der Waals surface area contributed by atoms with Crippen LogP contribution in [0.5, 0.6) is 0 Å². The van der Waals surface area contributed by atoms with Crippen LogP contribution < -0.4 is 8.92 Å². The summed E-state index contributed by atoms with van der Waals surface area (Å²) in [4.78, 5) is 0. The van der Waals surface area contributed by atoms with E-state index in [4.69, 9.17) is 10.5 Å². The van der Waals surface area contributed by atoms with Gasteiger partial charge in [-0.25, -0.2) is 0 Å². The molecular weight excluding hydrogens is 299 g/mol. The topological polar surface area (TPSA) is 47.6 Å². The second-order valence-corrected chi connectivity index (χ2v) is 6.17. The zero-order valence-corrected chi connectivity index (χ0v) is 11.8. The van der Waals surface area contributed by atoms with Gasteiger partial charge in [-0.2, -0.15) is 0 Å². The molecule has 90 valence electrons. The first-order valence-electron chi connectivity index (χ1n) is 5.66. The molecule has 0 bridgehead atoms. The zero-order valence-electron chi connectivity index (χ0n) is 10.1. The van der Waals surface area contributed by atoms with Gasteiger partial charge in [0.1, 0.15) is 0 Å². The summed E-state index contributed by atoms with van der Waals surface area (Å²) in [6, 6.07) is 22.0. The Morgan fingerprint density at radius 2 is 1.42 bits per heavy atom. The molecule has 2 nitrogen and oxygen atoms in total. The minimum atomic E-state index is 0.126. The molecule has 3 heteroatoms. The number of hydrogen-bond acceptors (Lipinski definition) is 2. The molecule has 2 aromatic carbocycles. The molecule has 0 unspecified atom stereocenters. The van der Waals surface area contributed by atoms with E-state index in [1.165, 1.54) is 8.92 Å². The van der Waals surface area contributed by atoms with Gasteiger partial charge in [-0.05, 0) is 0 Å². The summed E-state index contributed by atoms with van der Waals surface area (Å²) < 4.78 is 2.60. The Labute approximate surface area is 118 Å². The third kappa shape index (κ3) is 3.83. The quantitative estimate of drug-likeness (QED) is 0.641.